The number of benzene rings is 1. The molecule has 1 heterocycles. The quantitative estimate of drug-likeness (QED) is 0.630. The summed E-state index contributed by atoms with van der Waals surface area (Å²) in [6, 6.07) is 1.38. The lowest BCUT2D eigenvalue weighted by Crippen LogP contribution is -2.25. The summed E-state index contributed by atoms with van der Waals surface area (Å²) < 4.78 is 61.0. The molecule has 9 heteroatoms. The maximum atomic E-state index is 13.1. The van der Waals surface area contributed by atoms with Crippen LogP contribution in [0.4, 0.5) is 18.9 Å². The van der Waals surface area contributed by atoms with Crippen molar-refractivity contribution in [2.45, 2.75) is 6.42 Å². The average Bonchev–Trinajstić information content (AvgIpc) is 2.63. The van der Waals surface area contributed by atoms with Crippen molar-refractivity contribution >= 4 is 31.3 Å². The van der Waals surface area contributed by atoms with Crippen molar-refractivity contribution in [3.8, 4) is 0 Å². The molecule has 0 radical (unpaired) electrons. The van der Waals surface area contributed by atoms with Gasteiger partial charge in [0.1, 0.15) is 0 Å². The summed E-state index contributed by atoms with van der Waals surface area (Å²) in [4.78, 5) is 12.7. The molecule has 1 fully saturated rings. The molecule has 1 aromatic rings. The number of halogens is 4. The first-order chi connectivity index (χ1) is 9.17. The normalized spacial score (nSPS) is 19.7. The molecule has 0 aromatic heterocycles. The SMILES string of the molecule is O=C1CC(CS(=O)(=O)Cl)CN1c1cc(F)c(F)c(F)c1. The van der Waals surface area contributed by atoms with Gasteiger partial charge in [0.05, 0.1) is 5.75 Å². The highest BCUT2D eigenvalue weighted by molar-refractivity contribution is 8.13. The lowest BCUT2D eigenvalue weighted by Gasteiger charge is -2.17. The largest absolute Gasteiger partial charge is 0.312 e. The first-order valence-electron chi connectivity index (χ1n) is 5.54. The third-order valence-electron chi connectivity index (χ3n) is 2.92. The fourth-order valence-electron chi connectivity index (χ4n) is 2.12. The number of hydrogen-bond donors (Lipinski definition) is 0. The van der Waals surface area contributed by atoms with E-state index in [1.165, 1.54) is 0 Å². The van der Waals surface area contributed by atoms with E-state index in [-0.39, 0.29) is 18.7 Å². The molecule has 1 amide bonds. The van der Waals surface area contributed by atoms with Crippen LogP contribution in [0, 0.1) is 23.4 Å². The Morgan fingerprint density at radius 3 is 2.30 bits per heavy atom. The van der Waals surface area contributed by atoms with E-state index in [1.54, 1.807) is 0 Å². The van der Waals surface area contributed by atoms with Crippen molar-refractivity contribution < 1.29 is 26.4 Å². The van der Waals surface area contributed by atoms with Crippen molar-refractivity contribution in [2.24, 2.45) is 5.92 Å². The Morgan fingerprint density at radius 1 is 1.25 bits per heavy atom. The van der Waals surface area contributed by atoms with Crippen LogP contribution in [0.15, 0.2) is 12.1 Å². The molecule has 0 saturated carbocycles. The Morgan fingerprint density at radius 2 is 1.80 bits per heavy atom. The highest BCUT2D eigenvalue weighted by Gasteiger charge is 2.33. The molecular formula is C11H9ClF3NO3S. The molecule has 110 valence electrons. The second kappa shape index (κ2) is 5.25. The van der Waals surface area contributed by atoms with Gasteiger partial charge >= 0.3 is 0 Å². The maximum Gasteiger partial charge on any atom is 0.232 e. The van der Waals surface area contributed by atoms with Crippen LogP contribution in [0.2, 0.25) is 0 Å². The van der Waals surface area contributed by atoms with Gasteiger partial charge in [0.25, 0.3) is 0 Å². The van der Waals surface area contributed by atoms with Gasteiger partial charge < -0.3 is 4.90 Å². The van der Waals surface area contributed by atoms with Crippen LogP contribution in [-0.2, 0) is 13.8 Å². The fourth-order valence-corrected chi connectivity index (χ4v) is 3.44. The molecule has 1 atom stereocenters. The van der Waals surface area contributed by atoms with E-state index in [0.29, 0.717) is 12.1 Å². The van der Waals surface area contributed by atoms with E-state index in [2.05, 4.69) is 0 Å². The summed E-state index contributed by atoms with van der Waals surface area (Å²) in [5, 5.41) is 0. The van der Waals surface area contributed by atoms with Crippen LogP contribution in [0.3, 0.4) is 0 Å². The Hall–Kier alpha value is -1.28. The maximum absolute atomic E-state index is 13.1. The lowest BCUT2D eigenvalue weighted by molar-refractivity contribution is -0.117. The van der Waals surface area contributed by atoms with Crippen LogP contribution >= 0.6 is 10.7 Å². The number of nitrogens with zero attached hydrogens (tertiary/aromatic N) is 1. The summed E-state index contributed by atoms with van der Waals surface area (Å²) in [5.74, 6) is -5.94. The smallest absolute Gasteiger partial charge is 0.232 e. The Kier molecular flexibility index (Phi) is 3.97. The monoisotopic (exact) mass is 327 g/mol. The van der Waals surface area contributed by atoms with Gasteiger partial charge in [-0.3, -0.25) is 4.79 Å². The molecule has 1 unspecified atom stereocenters. The number of carbonyl (C=O) groups is 1. The number of anilines is 1. The van der Waals surface area contributed by atoms with Gasteiger partial charge in [-0.25, -0.2) is 21.6 Å². The lowest BCUT2D eigenvalue weighted by atomic mass is 10.1. The van der Waals surface area contributed by atoms with Gasteiger partial charge in [-0.05, 0) is 0 Å². The van der Waals surface area contributed by atoms with Crippen LogP contribution in [-0.4, -0.2) is 26.6 Å². The third-order valence-corrected chi connectivity index (χ3v) is 4.17. The Balaban J connectivity index is 2.24. The first-order valence-corrected chi connectivity index (χ1v) is 8.02. The summed E-state index contributed by atoms with van der Waals surface area (Å²) >= 11 is 0. The summed E-state index contributed by atoms with van der Waals surface area (Å²) in [6.45, 7) is -0.0463. The highest BCUT2D eigenvalue weighted by Crippen LogP contribution is 2.28. The van der Waals surface area contributed by atoms with Crippen molar-refractivity contribution in [1.82, 2.24) is 0 Å². The van der Waals surface area contributed by atoms with Crippen LogP contribution in [0.5, 0.6) is 0 Å². The predicted octanol–water partition coefficient (Wildman–Crippen LogP) is 2.03. The van der Waals surface area contributed by atoms with Gasteiger partial charge in [0, 0.05) is 47.4 Å². The predicted molar refractivity (Wildman–Crippen MR) is 66.4 cm³/mol. The molecule has 0 N–H and O–H groups in total. The minimum atomic E-state index is -3.77. The zero-order chi connectivity index (χ0) is 15.1. The molecule has 1 saturated heterocycles. The molecular weight excluding hydrogens is 319 g/mol. The standard InChI is InChI=1S/C11H9ClF3NO3S/c12-20(18,19)5-6-1-10(17)16(4-6)7-2-8(13)11(15)9(14)3-7/h2-3,6H,1,4-5H2. The zero-order valence-electron chi connectivity index (χ0n) is 9.95. The molecule has 0 bridgehead atoms. The number of amides is 1. The number of rotatable bonds is 3. The van der Waals surface area contributed by atoms with E-state index in [0.717, 1.165) is 4.90 Å². The van der Waals surface area contributed by atoms with E-state index in [1.807, 2.05) is 0 Å². The van der Waals surface area contributed by atoms with Crippen molar-refractivity contribution in [1.29, 1.82) is 0 Å². The van der Waals surface area contributed by atoms with Crippen LogP contribution in [0.25, 0.3) is 0 Å². The molecule has 0 aliphatic carbocycles. The highest BCUT2D eigenvalue weighted by atomic mass is 35.7. The molecule has 1 aliphatic heterocycles. The topological polar surface area (TPSA) is 54.5 Å². The average molecular weight is 328 g/mol. The van der Waals surface area contributed by atoms with E-state index < -0.39 is 44.1 Å². The van der Waals surface area contributed by atoms with E-state index >= 15 is 0 Å². The fraction of sp³-hybridized carbons (Fsp3) is 0.364. The van der Waals surface area contributed by atoms with Crippen molar-refractivity contribution in [3.05, 3.63) is 29.6 Å². The number of hydrogen-bond acceptors (Lipinski definition) is 3. The van der Waals surface area contributed by atoms with Crippen LogP contribution < -0.4 is 4.90 Å². The Bertz CT molecular complexity index is 642. The molecule has 1 aliphatic rings. The zero-order valence-corrected chi connectivity index (χ0v) is 11.5. The molecule has 20 heavy (non-hydrogen) atoms. The minimum absolute atomic E-state index is 0.0463. The summed E-state index contributed by atoms with van der Waals surface area (Å²) in [7, 11) is 1.32. The van der Waals surface area contributed by atoms with E-state index in [4.69, 9.17) is 10.7 Å². The van der Waals surface area contributed by atoms with Crippen molar-refractivity contribution in [2.75, 3.05) is 17.2 Å². The van der Waals surface area contributed by atoms with Gasteiger partial charge in [-0.15, -0.1) is 0 Å². The molecule has 0 spiro atoms. The van der Waals surface area contributed by atoms with Gasteiger partial charge in [0.15, 0.2) is 17.5 Å². The summed E-state index contributed by atoms with van der Waals surface area (Å²) in [6.07, 6.45) is -0.105. The molecule has 4 nitrogen and oxygen atoms in total. The van der Waals surface area contributed by atoms with Crippen LogP contribution in [0.1, 0.15) is 6.42 Å². The second-order valence-electron chi connectivity index (χ2n) is 4.50. The summed E-state index contributed by atoms with van der Waals surface area (Å²) in [5.41, 5.74) is -0.152. The van der Waals surface area contributed by atoms with Crippen molar-refractivity contribution in [3.63, 3.8) is 0 Å². The molecule has 2 rings (SSSR count). The van der Waals surface area contributed by atoms with Gasteiger partial charge in [0.2, 0.25) is 15.0 Å². The van der Waals surface area contributed by atoms with Gasteiger partial charge in [-0.2, -0.15) is 0 Å². The van der Waals surface area contributed by atoms with E-state index in [9.17, 15) is 26.4 Å². The molecule has 1 aromatic carbocycles. The minimum Gasteiger partial charge on any atom is -0.312 e. The van der Waals surface area contributed by atoms with Gasteiger partial charge in [-0.1, -0.05) is 0 Å². The first kappa shape index (κ1) is 15.1. The third kappa shape index (κ3) is 3.24. The Labute approximate surface area is 117 Å². The number of carbonyl (C=O) groups excluding carboxylic acids is 1. The second-order valence-corrected chi connectivity index (χ2v) is 7.32.